The van der Waals surface area contributed by atoms with Gasteiger partial charge in [-0.05, 0) is 37.1 Å². The van der Waals surface area contributed by atoms with Crippen LogP contribution < -0.4 is 4.90 Å². The molecule has 0 atom stereocenters. The van der Waals surface area contributed by atoms with Crippen LogP contribution in [0.5, 0.6) is 5.75 Å². The molecule has 1 aliphatic rings. The summed E-state index contributed by atoms with van der Waals surface area (Å²) in [7, 11) is 1.88. The van der Waals surface area contributed by atoms with Gasteiger partial charge in [-0.3, -0.25) is 0 Å². The average Bonchev–Trinajstić information content (AvgIpc) is 3.14. The Hall–Kier alpha value is -3.39. The summed E-state index contributed by atoms with van der Waals surface area (Å²) in [5.74, 6) is -5.50. The summed E-state index contributed by atoms with van der Waals surface area (Å²) in [6.07, 6.45) is -3.57. The van der Waals surface area contributed by atoms with Crippen LogP contribution in [0.2, 0.25) is 0 Å². The Morgan fingerprint density at radius 2 is 1.88 bits per heavy atom. The number of hydrogen-bond acceptors (Lipinski definition) is 5. The lowest BCUT2D eigenvalue weighted by molar-refractivity contribution is -0.140. The number of halogens is 5. The lowest BCUT2D eigenvalue weighted by Crippen LogP contribution is -2.36. The quantitative estimate of drug-likeness (QED) is 0.592. The Labute approximate surface area is 179 Å². The van der Waals surface area contributed by atoms with Crippen molar-refractivity contribution in [1.29, 1.82) is 5.26 Å². The number of phenols is 1. The molecule has 1 aliphatic heterocycles. The van der Waals surface area contributed by atoms with Crippen molar-refractivity contribution in [1.82, 2.24) is 9.78 Å². The maximum absolute atomic E-state index is 14.6. The van der Waals surface area contributed by atoms with Crippen LogP contribution in [0, 0.1) is 23.0 Å². The van der Waals surface area contributed by atoms with Gasteiger partial charge in [0.2, 0.25) is 0 Å². The average molecular weight is 452 g/mol. The van der Waals surface area contributed by atoms with Crippen LogP contribution in [-0.2, 0) is 10.9 Å². The summed E-state index contributed by atoms with van der Waals surface area (Å²) in [6, 6.07) is 7.06. The van der Waals surface area contributed by atoms with Gasteiger partial charge in [-0.2, -0.15) is 23.5 Å². The van der Waals surface area contributed by atoms with Gasteiger partial charge >= 0.3 is 6.18 Å². The van der Waals surface area contributed by atoms with E-state index >= 15 is 0 Å². The van der Waals surface area contributed by atoms with Crippen molar-refractivity contribution in [2.24, 2.45) is 0 Å². The molecular formula is C21H17F5N4O2. The second kappa shape index (κ2) is 7.94. The molecule has 1 saturated heterocycles. The van der Waals surface area contributed by atoms with Crippen LogP contribution in [0.4, 0.5) is 27.6 Å². The van der Waals surface area contributed by atoms with E-state index in [-0.39, 0.29) is 28.7 Å². The standard InChI is InChI=1S/C21H17F5N4O2/c1-29(11-4-6-32-7-5-11)12-2-3-16-13(8-12)15(10-27)28-30(16)17-9-14(21(24,25)26)18(22)20(31)19(17)23/h2-3,8-9,11,31H,4-7H2,1H3. The number of ether oxygens (including phenoxy) is 1. The van der Waals surface area contributed by atoms with Gasteiger partial charge in [0.1, 0.15) is 11.8 Å². The van der Waals surface area contributed by atoms with Crippen LogP contribution in [0.25, 0.3) is 16.6 Å². The van der Waals surface area contributed by atoms with Gasteiger partial charge in [0, 0.05) is 37.4 Å². The second-order valence-electron chi connectivity index (χ2n) is 7.45. The first-order chi connectivity index (χ1) is 15.1. The van der Waals surface area contributed by atoms with E-state index in [1.807, 2.05) is 18.0 Å². The summed E-state index contributed by atoms with van der Waals surface area (Å²) < 4.78 is 74.1. The zero-order valence-electron chi connectivity index (χ0n) is 16.7. The van der Waals surface area contributed by atoms with Gasteiger partial charge in [0.05, 0.1) is 11.1 Å². The number of nitriles is 1. The number of aromatic nitrogens is 2. The van der Waals surface area contributed by atoms with E-state index in [0.717, 1.165) is 23.2 Å². The molecule has 4 rings (SSSR count). The molecule has 1 fully saturated rings. The van der Waals surface area contributed by atoms with Crippen LogP contribution in [-0.4, -0.2) is 41.2 Å². The summed E-state index contributed by atoms with van der Waals surface area (Å²) in [4.78, 5) is 2.01. The van der Waals surface area contributed by atoms with E-state index in [1.54, 1.807) is 12.1 Å². The minimum atomic E-state index is -5.18. The molecule has 2 heterocycles. The zero-order chi connectivity index (χ0) is 23.2. The van der Waals surface area contributed by atoms with E-state index in [0.29, 0.717) is 13.2 Å². The molecule has 0 spiro atoms. The number of fused-ring (bicyclic) bond motifs is 1. The Morgan fingerprint density at radius 1 is 1.19 bits per heavy atom. The summed E-state index contributed by atoms with van der Waals surface area (Å²) in [5.41, 5.74) is -1.96. The largest absolute Gasteiger partial charge is 0.503 e. The molecule has 3 aromatic rings. The number of rotatable bonds is 3. The molecule has 0 unspecified atom stereocenters. The highest BCUT2D eigenvalue weighted by Crippen LogP contribution is 2.39. The fourth-order valence-corrected chi connectivity index (χ4v) is 3.84. The number of anilines is 1. The lowest BCUT2D eigenvalue weighted by atomic mass is 10.1. The van der Waals surface area contributed by atoms with Crippen LogP contribution in [0.3, 0.4) is 0 Å². The van der Waals surface area contributed by atoms with Gasteiger partial charge < -0.3 is 14.7 Å². The Bertz CT molecular complexity index is 1230. The zero-order valence-corrected chi connectivity index (χ0v) is 16.7. The molecule has 1 aromatic heterocycles. The molecule has 0 aliphatic carbocycles. The summed E-state index contributed by atoms with van der Waals surface area (Å²) in [6.45, 7) is 1.24. The molecule has 11 heteroatoms. The van der Waals surface area contributed by atoms with Gasteiger partial charge in [0.15, 0.2) is 23.1 Å². The molecule has 0 saturated carbocycles. The molecular weight excluding hydrogens is 435 g/mol. The molecule has 0 radical (unpaired) electrons. The minimum Gasteiger partial charge on any atom is -0.503 e. The molecule has 6 nitrogen and oxygen atoms in total. The maximum atomic E-state index is 14.6. The third-order valence-corrected chi connectivity index (χ3v) is 5.61. The summed E-state index contributed by atoms with van der Waals surface area (Å²) >= 11 is 0. The van der Waals surface area contributed by atoms with Gasteiger partial charge in [-0.25, -0.2) is 13.5 Å². The number of hydrogen-bond donors (Lipinski definition) is 1. The lowest BCUT2D eigenvalue weighted by Gasteiger charge is -2.33. The van der Waals surface area contributed by atoms with Crippen molar-refractivity contribution in [3.8, 4) is 17.5 Å². The van der Waals surface area contributed by atoms with Crippen molar-refractivity contribution >= 4 is 16.6 Å². The highest BCUT2D eigenvalue weighted by molar-refractivity contribution is 5.89. The fraction of sp³-hybridized carbons (Fsp3) is 0.333. The normalized spacial score (nSPS) is 15.2. The first-order valence-corrected chi connectivity index (χ1v) is 9.65. The van der Waals surface area contributed by atoms with Gasteiger partial charge in [0.25, 0.3) is 0 Å². The first kappa shape index (κ1) is 21.8. The Kier molecular flexibility index (Phi) is 5.42. The smallest absolute Gasteiger partial charge is 0.419 e. The highest BCUT2D eigenvalue weighted by atomic mass is 19.4. The maximum Gasteiger partial charge on any atom is 0.419 e. The minimum absolute atomic E-state index is 0.128. The summed E-state index contributed by atoms with van der Waals surface area (Å²) in [5, 5.41) is 23.3. The Morgan fingerprint density at radius 3 is 2.50 bits per heavy atom. The topological polar surface area (TPSA) is 74.3 Å². The van der Waals surface area contributed by atoms with Crippen molar-refractivity contribution < 1.29 is 31.8 Å². The monoisotopic (exact) mass is 452 g/mol. The van der Waals surface area contributed by atoms with E-state index in [1.165, 1.54) is 6.07 Å². The SMILES string of the molecule is CN(c1ccc2c(c1)c(C#N)nn2-c1cc(C(F)(F)F)c(F)c(O)c1F)C1CCOCC1. The second-order valence-corrected chi connectivity index (χ2v) is 7.45. The van der Waals surface area contributed by atoms with Crippen LogP contribution in [0.1, 0.15) is 24.1 Å². The molecule has 2 aromatic carbocycles. The molecule has 0 bridgehead atoms. The highest BCUT2D eigenvalue weighted by Gasteiger charge is 2.38. The van der Waals surface area contributed by atoms with E-state index < -0.39 is 34.8 Å². The van der Waals surface area contributed by atoms with Crippen molar-refractivity contribution in [2.45, 2.75) is 25.1 Å². The molecule has 0 amide bonds. The number of nitrogens with zero attached hydrogens (tertiary/aromatic N) is 4. The number of aromatic hydroxyl groups is 1. The Balaban J connectivity index is 1.87. The number of phenolic OH excluding ortho intramolecular Hbond substituents is 1. The van der Waals surface area contributed by atoms with Crippen molar-refractivity contribution in [2.75, 3.05) is 25.2 Å². The number of alkyl halides is 3. The van der Waals surface area contributed by atoms with E-state index in [2.05, 4.69) is 5.10 Å². The van der Waals surface area contributed by atoms with Gasteiger partial charge in [-0.1, -0.05) is 0 Å². The third kappa shape index (κ3) is 3.60. The van der Waals surface area contributed by atoms with Crippen LogP contribution >= 0.6 is 0 Å². The van der Waals surface area contributed by atoms with Crippen molar-refractivity contribution in [3.05, 3.63) is 47.2 Å². The predicted octanol–water partition coefficient (Wildman–Crippen LogP) is 4.51. The number of benzene rings is 2. The fourth-order valence-electron chi connectivity index (χ4n) is 3.84. The molecule has 32 heavy (non-hydrogen) atoms. The van der Waals surface area contributed by atoms with Gasteiger partial charge in [-0.15, -0.1) is 0 Å². The molecule has 1 N–H and O–H groups in total. The predicted molar refractivity (Wildman–Crippen MR) is 105 cm³/mol. The third-order valence-electron chi connectivity index (χ3n) is 5.61. The van der Waals surface area contributed by atoms with Crippen molar-refractivity contribution in [3.63, 3.8) is 0 Å². The molecule has 168 valence electrons. The van der Waals surface area contributed by atoms with Crippen LogP contribution in [0.15, 0.2) is 24.3 Å². The van der Waals surface area contributed by atoms with E-state index in [9.17, 15) is 32.3 Å². The van der Waals surface area contributed by atoms with E-state index in [4.69, 9.17) is 4.74 Å². The first-order valence-electron chi connectivity index (χ1n) is 9.65.